The maximum absolute atomic E-state index is 5.13. The molecule has 0 amide bonds. The smallest absolute Gasteiger partial charge is 0.191 e. The fourth-order valence-electron chi connectivity index (χ4n) is 2.17. The van der Waals surface area contributed by atoms with Gasteiger partial charge < -0.3 is 15.4 Å². The molecule has 22 heavy (non-hydrogen) atoms. The second-order valence-electron chi connectivity index (χ2n) is 5.51. The highest BCUT2D eigenvalue weighted by molar-refractivity contribution is 5.80. The van der Waals surface area contributed by atoms with E-state index in [2.05, 4.69) is 43.4 Å². The molecule has 0 fully saturated rings. The van der Waals surface area contributed by atoms with E-state index in [9.17, 15) is 0 Å². The number of ether oxygens (including phenoxy) is 1. The number of guanidine groups is 1. The van der Waals surface area contributed by atoms with Gasteiger partial charge in [0.1, 0.15) is 0 Å². The number of methoxy groups -OCH3 is 1. The summed E-state index contributed by atoms with van der Waals surface area (Å²) < 4.78 is 7.13. The molecule has 6 nitrogen and oxygen atoms in total. The number of hydrogen-bond donors (Lipinski definition) is 2. The molecule has 0 saturated carbocycles. The average molecular weight is 309 g/mol. The molecular formula is C16H31N5O. The summed E-state index contributed by atoms with van der Waals surface area (Å²) in [5.41, 5.74) is 3.40. The van der Waals surface area contributed by atoms with Gasteiger partial charge >= 0.3 is 0 Å². The average Bonchev–Trinajstić information content (AvgIpc) is 2.77. The van der Waals surface area contributed by atoms with Crippen LogP contribution >= 0.6 is 0 Å². The number of aliphatic imine (C=N–C) groups is 1. The monoisotopic (exact) mass is 309 g/mol. The van der Waals surface area contributed by atoms with Gasteiger partial charge in [-0.05, 0) is 34.1 Å². The predicted molar refractivity (Wildman–Crippen MR) is 91.3 cm³/mol. The first-order chi connectivity index (χ1) is 10.5. The molecule has 6 heteroatoms. The Hall–Kier alpha value is -1.56. The van der Waals surface area contributed by atoms with Crippen molar-refractivity contribution in [3.05, 3.63) is 17.0 Å². The first-order valence-electron chi connectivity index (χ1n) is 8.10. The van der Waals surface area contributed by atoms with Gasteiger partial charge in [0.05, 0.1) is 25.4 Å². The molecule has 1 aromatic heterocycles. The van der Waals surface area contributed by atoms with Gasteiger partial charge in [-0.2, -0.15) is 5.10 Å². The molecule has 2 N–H and O–H groups in total. The van der Waals surface area contributed by atoms with E-state index in [1.165, 1.54) is 5.56 Å². The highest BCUT2D eigenvalue weighted by Gasteiger charge is 2.11. The van der Waals surface area contributed by atoms with E-state index in [0.717, 1.165) is 36.9 Å². The van der Waals surface area contributed by atoms with Crippen LogP contribution in [0.2, 0.25) is 0 Å². The SMILES string of the molecule is CCNC(=NCc1c(C)nn(CCOC)c1C)NC(C)CC. The standard InChI is InChI=1S/C16H31N5O/c1-7-12(3)19-16(17-8-2)18-11-15-13(4)20-21(14(15)5)9-10-22-6/h12H,7-11H2,1-6H3,(H2,17,18,19). The van der Waals surface area contributed by atoms with Crippen molar-refractivity contribution in [2.75, 3.05) is 20.3 Å². The molecule has 0 bridgehead atoms. The Kier molecular flexibility index (Phi) is 7.95. The topological polar surface area (TPSA) is 63.5 Å². The van der Waals surface area contributed by atoms with Crippen molar-refractivity contribution < 1.29 is 4.74 Å². The van der Waals surface area contributed by atoms with E-state index in [1.54, 1.807) is 7.11 Å². The van der Waals surface area contributed by atoms with Crippen molar-refractivity contribution in [2.24, 2.45) is 4.99 Å². The van der Waals surface area contributed by atoms with E-state index >= 15 is 0 Å². The van der Waals surface area contributed by atoms with Gasteiger partial charge in [0, 0.05) is 31.0 Å². The van der Waals surface area contributed by atoms with Crippen LogP contribution in [-0.2, 0) is 17.8 Å². The lowest BCUT2D eigenvalue weighted by atomic mass is 10.2. The molecule has 1 atom stereocenters. The minimum Gasteiger partial charge on any atom is -0.383 e. The van der Waals surface area contributed by atoms with Gasteiger partial charge in [-0.3, -0.25) is 4.68 Å². The summed E-state index contributed by atoms with van der Waals surface area (Å²) in [6.45, 7) is 13.5. The summed E-state index contributed by atoms with van der Waals surface area (Å²) in [7, 11) is 1.71. The van der Waals surface area contributed by atoms with E-state index in [1.807, 2.05) is 11.6 Å². The molecule has 0 aliphatic heterocycles. The Morgan fingerprint density at radius 2 is 2.09 bits per heavy atom. The molecule has 0 aliphatic carbocycles. The number of rotatable bonds is 8. The summed E-state index contributed by atoms with van der Waals surface area (Å²) in [5, 5.41) is 11.3. The first kappa shape index (κ1) is 18.5. The van der Waals surface area contributed by atoms with Crippen molar-refractivity contribution in [1.29, 1.82) is 0 Å². The molecule has 1 heterocycles. The highest BCUT2D eigenvalue weighted by Crippen LogP contribution is 2.14. The maximum atomic E-state index is 5.13. The van der Waals surface area contributed by atoms with Crippen LogP contribution in [0.5, 0.6) is 0 Å². The summed E-state index contributed by atoms with van der Waals surface area (Å²) in [5.74, 6) is 0.861. The predicted octanol–water partition coefficient (Wildman–Crippen LogP) is 2.00. The van der Waals surface area contributed by atoms with Crippen LogP contribution in [0.1, 0.15) is 44.1 Å². The minimum absolute atomic E-state index is 0.407. The fourth-order valence-corrected chi connectivity index (χ4v) is 2.17. The van der Waals surface area contributed by atoms with E-state index in [0.29, 0.717) is 19.2 Å². The van der Waals surface area contributed by atoms with Crippen molar-refractivity contribution in [1.82, 2.24) is 20.4 Å². The Morgan fingerprint density at radius 3 is 2.68 bits per heavy atom. The molecule has 1 rings (SSSR count). The van der Waals surface area contributed by atoms with Gasteiger partial charge in [0.2, 0.25) is 0 Å². The summed E-state index contributed by atoms with van der Waals surface area (Å²) >= 11 is 0. The summed E-state index contributed by atoms with van der Waals surface area (Å²) in [6, 6.07) is 0.407. The molecule has 0 spiro atoms. The number of aromatic nitrogens is 2. The van der Waals surface area contributed by atoms with Crippen LogP contribution in [0.15, 0.2) is 4.99 Å². The van der Waals surface area contributed by atoms with E-state index in [4.69, 9.17) is 9.73 Å². The zero-order chi connectivity index (χ0) is 16.5. The third-order valence-corrected chi connectivity index (χ3v) is 3.77. The summed E-state index contributed by atoms with van der Waals surface area (Å²) in [4.78, 5) is 4.70. The zero-order valence-electron chi connectivity index (χ0n) is 14.9. The second kappa shape index (κ2) is 9.46. The van der Waals surface area contributed by atoms with E-state index in [-0.39, 0.29) is 0 Å². The van der Waals surface area contributed by atoms with Crippen molar-refractivity contribution in [2.45, 2.75) is 60.2 Å². The van der Waals surface area contributed by atoms with Gasteiger partial charge in [-0.1, -0.05) is 6.92 Å². The maximum Gasteiger partial charge on any atom is 0.191 e. The molecule has 1 unspecified atom stereocenters. The highest BCUT2D eigenvalue weighted by atomic mass is 16.5. The third-order valence-electron chi connectivity index (χ3n) is 3.77. The number of aryl methyl sites for hydroxylation is 1. The fraction of sp³-hybridized carbons (Fsp3) is 0.750. The number of nitrogens with zero attached hydrogens (tertiary/aromatic N) is 3. The lowest BCUT2D eigenvalue weighted by molar-refractivity contribution is 0.182. The Balaban J connectivity index is 2.82. The number of nitrogens with one attached hydrogen (secondary N) is 2. The lowest BCUT2D eigenvalue weighted by Gasteiger charge is -2.16. The van der Waals surface area contributed by atoms with Crippen LogP contribution in [0.3, 0.4) is 0 Å². The van der Waals surface area contributed by atoms with Crippen LogP contribution in [0.4, 0.5) is 0 Å². The van der Waals surface area contributed by atoms with Crippen LogP contribution in [-0.4, -0.2) is 42.0 Å². The number of hydrogen-bond acceptors (Lipinski definition) is 3. The largest absolute Gasteiger partial charge is 0.383 e. The van der Waals surface area contributed by atoms with Crippen molar-refractivity contribution in [3.8, 4) is 0 Å². The van der Waals surface area contributed by atoms with Crippen LogP contribution < -0.4 is 10.6 Å². The zero-order valence-corrected chi connectivity index (χ0v) is 14.9. The Morgan fingerprint density at radius 1 is 1.36 bits per heavy atom. The van der Waals surface area contributed by atoms with Crippen molar-refractivity contribution in [3.63, 3.8) is 0 Å². The molecule has 0 radical (unpaired) electrons. The first-order valence-corrected chi connectivity index (χ1v) is 8.10. The van der Waals surface area contributed by atoms with E-state index < -0.39 is 0 Å². The molecule has 0 aliphatic rings. The Bertz CT molecular complexity index is 481. The molecule has 1 aromatic rings. The Labute approximate surface area is 134 Å². The molecule has 0 saturated heterocycles. The van der Waals surface area contributed by atoms with Gasteiger partial charge in [-0.25, -0.2) is 4.99 Å². The summed E-state index contributed by atoms with van der Waals surface area (Å²) in [6.07, 6.45) is 1.07. The third kappa shape index (κ3) is 5.33. The van der Waals surface area contributed by atoms with Gasteiger partial charge in [-0.15, -0.1) is 0 Å². The van der Waals surface area contributed by atoms with Crippen LogP contribution in [0, 0.1) is 13.8 Å². The van der Waals surface area contributed by atoms with Crippen LogP contribution in [0.25, 0.3) is 0 Å². The van der Waals surface area contributed by atoms with Gasteiger partial charge in [0.25, 0.3) is 0 Å². The van der Waals surface area contributed by atoms with Crippen molar-refractivity contribution >= 4 is 5.96 Å². The molecule has 126 valence electrons. The second-order valence-corrected chi connectivity index (χ2v) is 5.51. The molecule has 0 aromatic carbocycles. The molecular weight excluding hydrogens is 278 g/mol. The normalized spacial score (nSPS) is 13.3. The van der Waals surface area contributed by atoms with Gasteiger partial charge in [0.15, 0.2) is 5.96 Å². The lowest BCUT2D eigenvalue weighted by Crippen LogP contribution is -2.41. The quantitative estimate of drug-likeness (QED) is 0.569. The minimum atomic E-state index is 0.407.